The lowest BCUT2D eigenvalue weighted by molar-refractivity contribution is -0.161. The molecule has 0 heterocycles. The van der Waals surface area contributed by atoms with Gasteiger partial charge in [0.15, 0.2) is 12.2 Å². The molecule has 0 aromatic heterocycles. The number of aliphatic hydroxyl groups excluding tert-OH is 1. The van der Waals surface area contributed by atoms with Gasteiger partial charge in [-0.3, -0.25) is 37.3 Å². The molecule has 0 spiro atoms. The molecule has 0 aromatic rings. The van der Waals surface area contributed by atoms with Crippen molar-refractivity contribution in [3.63, 3.8) is 0 Å². The van der Waals surface area contributed by atoms with E-state index in [9.17, 15) is 43.2 Å². The van der Waals surface area contributed by atoms with Crippen LogP contribution in [0.25, 0.3) is 0 Å². The summed E-state index contributed by atoms with van der Waals surface area (Å²) in [6.45, 7) is 9.54. The number of unbranched alkanes of at least 4 members (excludes halogenated alkanes) is 36. The Hall–Kier alpha value is -1.94. The van der Waals surface area contributed by atoms with Crippen molar-refractivity contribution in [2.45, 2.75) is 362 Å². The summed E-state index contributed by atoms with van der Waals surface area (Å²) in [6, 6.07) is 0. The van der Waals surface area contributed by atoms with E-state index < -0.39 is 97.5 Å². The molecule has 0 bridgehead atoms. The van der Waals surface area contributed by atoms with Gasteiger partial charge in [0.1, 0.15) is 19.3 Å². The van der Waals surface area contributed by atoms with Crippen molar-refractivity contribution >= 4 is 39.5 Å². The van der Waals surface area contributed by atoms with Gasteiger partial charge in [0.05, 0.1) is 26.4 Å². The zero-order valence-electron chi connectivity index (χ0n) is 56.3. The summed E-state index contributed by atoms with van der Waals surface area (Å²) in [5.41, 5.74) is 0. The van der Waals surface area contributed by atoms with Gasteiger partial charge in [-0.1, -0.05) is 292 Å². The van der Waals surface area contributed by atoms with Crippen LogP contribution in [0.15, 0.2) is 0 Å². The topological polar surface area (TPSA) is 237 Å². The van der Waals surface area contributed by atoms with Crippen LogP contribution in [0.3, 0.4) is 0 Å². The monoisotopic (exact) mass is 1280 g/mol. The summed E-state index contributed by atoms with van der Waals surface area (Å²) in [7, 11) is -9.89. The van der Waals surface area contributed by atoms with Crippen LogP contribution in [0.2, 0.25) is 0 Å². The predicted octanol–water partition coefficient (Wildman–Crippen LogP) is 19.2. The first kappa shape index (κ1) is 85.1. The number of carbonyl (C=O) groups excluding carboxylic acids is 4. The Morgan fingerprint density at radius 1 is 0.333 bits per heavy atom. The highest BCUT2D eigenvalue weighted by atomic mass is 31.2. The summed E-state index contributed by atoms with van der Waals surface area (Å²) in [5.74, 6) is -0.553. The maximum absolute atomic E-state index is 13.0. The number of ether oxygens (including phenoxy) is 4. The van der Waals surface area contributed by atoms with E-state index in [-0.39, 0.29) is 25.7 Å². The maximum atomic E-state index is 13.0. The number of hydrogen-bond acceptors (Lipinski definition) is 15. The van der Waals surface area contributed by atoms with Crippen molar-refractivity contribution in [3.05, 3.63) is 0 Å². The quantitative estimate of drug-likeness (QED) is 0.0222. The highest BCUT2D eigenvalue weighted by molar-refractivity contribution is 7.47. The average molecular weight is 1280 g/mol. The van der Waals surface area contributed by atoms with Crippen molar-refractivity contribution in [1.82, 2.24) is 0 Å². The normalized spacial score (nSPS) is 14.5. The molecule has 19 heteroatoms. The summed E-state index contributed by atoms with van der Waals surface area (Å²) < 4.78 is 68.2. The third kappa shape index (κ3) is 61.3. The third-order valence-electron chi connectivity index (χ3n) is 16.1. The predicted molar refractivity (Wildman–Crippen MR) is 349 cm³/mol. The molecule has 3 unspecified atom stereocenters. The van der Waals surface area contributed by atoms with E-state index in [1.165, 1.54) is 161 Å². The third-order valence-corrected chi connectivity index (χ3v) is 18.0. The molecular weight excluding hydrogens is 1150 g/mol. The maximum Gasteiger partial charge on any atom is 0.472 e. The number of hydrogen-bond donors (Lipinski definition) is 3. The minimum absolute atomic E-state index is 0.106. The number of phosphoric acid groups is 2. The van der Waals surface area contributed by atoms with Gasteiger partial charge in [-0.15, -0.1) is 0 Å². The fourth-order valence-electron chi connectivity index (χ4n) is 10.2. The molecule has 0 aromatic carbocycles. The highest BCUT2D eigenvalue weighted by Crippen LogP contribution is 2.45. The summed E-state index contributed by atoms with van der Waals surface area (Å²) in [4.78, 5) is 72.4. The van der Waals surface area contributed by atoms with Crippen LogP contribution in [-0.2, 0) is 65.4 Å². The molecule has 17 nitrogen and oxygen atoms in total. The fraction of sp³-hybridized carbons (Fsp3) is 0.941. The van der Waals surface area contributed by atoms with Crippen molar-refractivity contribution < 1.29 is 80.2 Å². The lowest BCUT2D eigenvalue weighted by Crippen LogP contribution is -2.30. The molecule has 0 aliphatic rings. The minimum atomic E-state index is -4.95. The molecule has 87 heavy (non-hydrogen) atoms. The van der Waals surface area contributed by atoms with Crippen LogP contribution < -0.4 is 0 Å². The van der Waals surface area contributed by atoms with Crippen molar-refractivity contribution in [1.29, 1.82) is 0 Å². The molecule has 0 fully saturated rings. The summed E-state index contributed by atoms with van der Waals surface area (Å²) in [6.07, 6.45) is 44.3. The molecule has 3 N–H and O–H groups in total. The Bertz CT molecular complexity index is 1700. The smallest absolute Gasteiger partial charge is 0.462 e. The minimum Gasteiger partial charge on any atom is -0.462 e. The lowest BCUT2D eigenvalue weighted by Gasteiger charge is -2.21. The molecule has 0 aliphatic carbocycles. The molecular formula is C68H132O17P2. The highest BCUT2D eigenvalue weighted by Gasteiger charge is 2.30. The molecule has 516 valence electrons. The first-order valence-corrected chi connectivity index (χ1v) is 38.5. The Labute approximate surface area is 530 Å². The number of aliphatic hydroxyl groups is 1. The van der Waals surface area contributed by atoms with E-state index in [4.69, 9.17) is 37.0 Å². The molecule has 0 rings (SSSR count). The van der Waals surface area contributed by atoms with Crippen LogP contribution in [0.5, 0.6) is 0 Å². The van der Waals surface area contributed by atoms with E-state index in [2.05, 4.69) is 41.5 Å². The number of carbonyl (C=O) groups is 4. The number of phosphoric ester groups is 2. The molecule has 0 amide bonds. The van der Waals surface area contributed by atoms with Crippen LogP contribution in [-0.4, -0.2) is 96.7 Å². The van der Waals surface area contributed by atoms with Crippen LogP contribution in [0.1, 0.15) is 343 Å². The molecule has 0 aliphatic heterocycles. The van der Waals surface area contributed by atoms with Gasteiger partial charge in [-0.05, 0) is 37.5 Å². The lowest BCUT2D eigenvalue weighted by atomic mass is 9.99. The Balaban J connectivity index is 5.24. The van der Waals surface area contributed by atoms with E-state index >= 15 is 0 Å². The van der Waals surface area contributed by atoms with E-state index in [1.54, 1.807) is 0 Å². The first-order chi connectivity index (χ1) is 41.9. The summed E-state index contributed by atoms with van der Waals surface area (Å²) >= 11 is 0. The van der Waals surface area contributed by atoms with Crippen molar-refractivity contribution in [2.75, 3.05) is 39.6 Å². The van der Waals surface area contributed by atoms with Crippen LogP contribution >= 0.6 is 15.6 Å². The average Bonchev–Trinajstić information content (AvgIpc) is 3.70. The Morgan fingerprint density at radius 2 is 0.586 bits per heavy atom. The van der Waals surface area contributed by atoms with Gasteiger partial charge in [-0.25, -0.2) is 9.13 Å². The second-order valence-electron chi connectivity index (χ2n) is 25.3. The van der Waals surface area contributed by atoms with Crippen LogP contribution in [0.4, 0.5) is 0 Å². The van der Waals surface area contributed by atoms with Gasteiger partial charge in [0.2, 0.25) is 0 Å². The van der Waals surface area contributed by atoms with Gasteiger partial charge < -0.3 is 33.8 Å². The van der Waals surface area contributed by atoms with E-state index in [0.717, 1.165) is 102 Å². The van der Waals surface area contributed by atoms with Crippen LogP contribution in [0, 0.1) is 11.8 Å². The second-order valence-corrected chi connectivity index (χ2v) is 28.2. The zero-order valence-corrected chi connectivity index (χ0v) is 58.1. The molecule has 0 radical (unpaired) electrons. The Kier molecular flexibility index (Phi) is 59.0. The SMILES string of the molecule is CCCCCCCCCCCCC(=O)O[C@H](COC(=O)CCCCCCCCCCC)COP(=O)(O)OC[C@H](O)COP(=O)(O)OC[C@@H](COC(=O)CCCCCCCCCCCCC(C)CC)OC(=O)CCCCCCCCCCCCCC(C)C. The van der Waals surface area contributed by atoms with Crippen molar-refractivity contribution in [2.24, 2.45) is 11.8 Å². The van der Waals surface area contributed by atoms with Gasteiger partial charge >= 0.3 is 39.5 Å². The molecule has 6 atom stereocenters. The van der Waals surface area contributed by atoms with E-state index in [0.29, 0.717) is 25.7 Å². The fourth-order valence-corrected chi connectivity index (χ4v) is 11.8. The zero-order chi connectivity index (χ0) is 64.3. The van der Waals surface area contributed by atoms with Gasteiger partial charge in [-0.2, -0.15) is 0 Å². The number of rotatable bonds is 67. The van der Waals surface area contributed by atoms with E-state index in [1.807, 2.05) is 0 Å². The summed E-state index contributed by atoms with van der Waals surface area (Å²) in [5, 5.41) is 10.6. The first-order valence-electron chi connectivity index (χ1n) is 35.5. The van der Waals surface area contributed by atoms with Gasteiger partial charge in [0.25, 0.3) is 0 Å². The standard InChI is InChI=1S/C68H132O17P2/c1-7-10-12-14-16-18-27-34-40-46-52-67(72)84-63(56-78-65(70)50-44-38-32-24-17-15-13-11-8-2)58-82-86(74,75)80-54-62(69)55-81-87(76,77)83-59-64(85-68(73)53-47-41-35-29-21-19-20-25-30-36-42-48-60(4)5)57-79-66(71)51-45-39-33-28-23-22-26-31-37-43-49-61(6)9-3/h60-64,69H,7-59H2,1-6H3,(H,74,75)(H,76,77)/t61?,62-,63+,64+/m0/s1. The number of esters is 4. The largest absolute Gasteiger partial charge is 0.472 e. The van der Waals surface area contributed by atoms with Crippen molar-refractivity contribution in [3.8, 4) is 0 Å². The second kappa shape index (κ2) is 60.3. The molecule has 0 saturated carbocycles. The Morgan fingerprint density at radius 3 is 0.874 bits per heavy atom. The molecule has 0 saturated heterocycles. The van der Waals surface area contributed by atoms with Gasteiger partial charge in [0, 0.05) is 25.7 Å².